The molecule has 1 atom stereocenters. The SMILES string of the molecule is Cc1ccc(C(N)C(=O)NCCc2c[nH]c3cccc(C)c23)cc1. The molecule has 4 heteroatoms. The van der Waals surface area contributed by atoms with E-state index in [4.69, 9.17) is 5.73 Å². The van der Waals surface area contributed by atoms with Crippen LogP contribution in [0.1, 0.15) is 28.3 Å². The van der Waals surface area contributed by atoms with Crippen molar-refractivity contribution in [2.24, 2.45) is 5.73 Å². The van der Waals surface area contributed by atoms with Gasteiger partial charge < -0.3 is 16.0 Å². The smallest absolute Gasteiger partial charge is 0.241 e. The van der Waals surface area contributed by atoms with Crippen LogP contribution in [0.2, 0.25) is 0 Å². The number of hydrogen-bond acceptors (Lipinski definition) is 2. The van der Waals surface area contributed by atoms with Gasteiger partial charge in [-0.3, -0.25) is 4.79 Å². The zero-order chi connectivity index (χ0) is 17.1. The Labute approximate surface area is 142 Å². The number of H-pyrrole nitrogens is 1. The molecule has 2 aromatic carbocycles. The summed E-state index contributed by atoms with van der Waals surface area (Å²) in [4.78, 5) is 15.5. The first-order chi connectivity index (χ1) is 11.6. The van der Waals surface area contributed by atoms with E-state index < -0.39 is 6.04 Å². The molecule has 3 aromatic rings. The van der Waals surface area contributed by atoms with Crippen molar-refractivity contribution in [3.63, 3.8) is 0 Å². The van der Waals surface area contributed by atoms with Gasteiger partial charge in [-0.2, -0.15) is 0 Å². The van der Waals surface area contributed by atoms with Gasteiger partial charge in [0.15, 0.2) is 0 Å². The van der Waals surface area contributed by atoms with Gasteiger partial charge in [-0.1, -0.05) is 42.0 Å². The van der Waals surface area contributed by atoms with Crippen molar-refractivity contribution in [3.8, 4) is 0 Å². The molecule has 0 aliphatic carbocycles. The normalized spacial score (nSPS) is 12.3. The number of nitrogens with two attached hydrogens (primary N) is 1. The molecule has 3 rings (SSSR count). The van der Waals surface area contributed by atoms with E-state index >= 15 is 0 Å². The van der Waals surface area contributed by atoms with E-state index in [1.807, 2.05) is 43.5 Å². The van der Waals surface area contributed by atoms with Gasteiger partial charge in [0.05, 0.1) is 0 Å². The van der Waals surface area contributed by atoms with E-state index in [9.17, 15) is 4.79 Å². The zero-order valence-corrected chi connectivity index (χ0v) is 14.1. The summed E-state index contributed by atoms with van der Waals surface area (Å²) in [6, 6.07) is 13.3. The summed E-state index contributed by atoms with van der Waals surface area (Å²) in [5.41, 5.74) is 11.6. The fourth-order valence-corrected chi connectivity index (χ4v) is 3.00. The maximum atomic E-state index is 12.2. The lowest BCUT2D eigenvalue weighted by atomic mass is 10.0. The van der Waals surface area contributed by atoms with Gasteiger partial charge in [0.2, 0.25) is 5.91 Å². The van der Waals surface area contributed by atoms with Crippen LogP contribution in [-0.2, 0) is 11.2 Å². The van der Waals surface area contributed by atoms with Crippen LogP contribution in [-0.4, -0.2) is 17.4 Å². The molecule has 0 bridgehead atoms. The van der Waals surface area contributed by atoms with Crippen LogP contribution in [0.15, 0.2) is 48.7 Å². The molecular formula is C20H23N3O. The summed E-state index contributed by atoms with van der Waals surface area (Å²) >= 11 is 0. The van der Waals surface area contributed by atoms with Crippen LogP contribution in [0, 0.1) is 13.8 Å². The molecule has 1 amide bonds. The first-order valence-electron chi connectivity index (χ1n) is 8.21. The highest BCUT2D eigenvalue weighted by molar-refractivity contribution is 5.86. The van der Waals surface area contributed by atoms with Gasteiger partial charge in [-0.05, 0) is 43.0 Å². The molecule has 0 saturated heterocycles. The van der Waals surface area contributed by atoms with Crippen LogP contribution in [0.3, 0.4) is 0 Å². The molecule has 1 aromatic heterocycles. The summed E-state index contributed by atoms with van der Waals surface area (Å²) in [7, 11) is 0. The second kappa shape index (κ2) is 6.89. The fraction of sp³-hybridized carbons (Fsp3) is 0.250. The number of carbonyl (C=O) groups excluding carboxylic acids is 1. The van der Waals surface area contributed by atoms with Gasteiger partial charge in [0.25, 0.3) is 0 Å². The second-order valence-electron chi connectivity index (χ2n) is 6.24. The third-order valence-corrected chi connectivity index (χ3v) is 4.41. The minimum atomic E-state index is -0.629. The molecule has 0 radical (unpaired) electrons. The van der Waals surface area contributed by atoms with Gasteiger partial charge >= 0.3 is 0 Å². The molecule has 0 saturated carbocycles. The monoisotopic (exact) mass is 321 g/mol. The molecular weight excluding hydrogens is 298 g/mol. The number of carbonyl (C=O) groups is 1. The number of rotatable bonds is 5. The Hall–Kier alpha value is -2.59. The maximum absolute atomic E-state index is 12.2. The summed E-state index contributed by atoms with van der Waals surface area (Å²) in [6.07, 6.45) is 2.79. The van der Waals surface area contributed by atoms with Gasteiger partial charge in [0.1, 0.15) is 6.04 Å². The van der Waals surface area contributed by atoms with Crippen molar-refractivity contribution >= 4 is 16.8 Å². The van der Waals surface area contributed by atoms with Crippen LogP contribution >= 0.6 is 0 Å². The third kappa shape index (κ3) is 3.34. The van der Waals surface area contributed by atoms with Crippen molar-refractivity contribution in [2.45, 2.75) is 26.3 Å². The van der Waals surface area contributed by atoms with Gasteiger partial charge in [-0.15, -0.1) is 0 Å². The molecule has 4 N–H and O–H groups in total. The largest absolute Gasteiger partial charge is 0.361 e. The molecule has 1 unspecified atom stereocenters. The zero-order valence-electron chi connectivity index (χ0n) is 14.1. The molecule has 0 fully saturated rings. The first-order valence-corrected chi connectivity index (χ1v) is 8.21. The number of aryl methyl sites for hydroxylation is 2. The van der Waals surface area contributed by atoms with Crippen molar-refractivity contribution in [2.75, 3.05) is 6.54 Å². The minimum absolute atomic E-state index is 0.143. The lowest BCUT2D eigenvalue weighted by Gasteiger charge is -2.13. The fourth-order valence-electron chi connectivity index (χ4n) is 3.00. The van der Waals surface area contributed by atoms with E-state index in [1.165, 1.54) is 16.5 Å². The van der Waals surface area contributed by atoms with E-state index in [-0.39, 0.29) is 5.91 Å². The minimum Gasteiger partial charge on any atom is -0.361 e. The Kier molecular flexibility index (Phi) is 4.67. The summed E-state index contributed by atoms with van der Waals surface area (Å²) in [5.74, 6) is -0.143. The standard InChI is InChI=1S/C20H23N3O/c1-13-6-8-15(9-7-13)19(21)20(24)22-11-10-16-12-23-17-5-3-4-14(2)18(16)17/h3-9,12,19,23H,10-11,21H2,1-2H3,(H,22,24). The number of nitrogens with one attached hydrogen (secondary N) is 2. The highest BCUT2D eigenvalue weighted by Crippen LogP contribution is 2.22. The second-order valence-corrected chi connectivity index (χ2v) is 6.24. The maximum Gasteiger partial charge on any atom is 0.241 e. The first kappa shape index (κ1) is 16.3. The van der Waals surface area contributed by atoms with E-state index in [1.54, 1.807) is 0 Å². The van der Waals surface area contributed by atoms with Crippen molar-refractivity contribution in [1.82, 2.24) is 10.3 Å². The Balaban J connectivity index is 1.61. The number of fused-ring (bicyclic) bond motifs is 1. The predicted octanol–water partition coefficient (Wildman–Crippen LogP) is 3.14. The lowest BCUT2D eigenvalue weighted by molar-refractivity contribution is -0.122. The predicted molar refractivity (Wildman–Crippen MR) is 97.9 cm³/mol. The quantitative estimate of drug-likeness (QED) is 0.675. The average Bonchev–Trinajstić information content (AvgIpc) is 2.99. The topological polar surface area (TPSA) is 70.9 Å². The van der Waals surface area contributed by atoms with Crippen LogP contribution < -0.4 is 11.1 Å². The van der Waals surface area contributed by atoms with Crippen molar-refractivity contribution in [1.29, 1.82) is 0 Å². The molecule has 24 heavy (non-hydrogen) atoms. The summed E-state index contributed by atoms with van der Waals surface area (Å²) < 4.78 is 0. The Morgan fingerprint density at radius 3 is 2.67 bits per heavy atom. The number of hydrogen-bond donors (Lipinski definition) is 3. The highest BCUT2D eigenvalue weighted by atomic mass is 16.2. The molecule has 124 valence electrons. The lowest BCUT2D eigenvalue weighted by Crippen LogP contribution is -2.35. The van der Waals surface area contributed by atoms with Crippen LogP contribution in [0.5, 0.6) is 0 Å². The van der Waals surface area contributed by atoms with Crippen molar-refractivity contribution in [3.05, 3.63) is 70.9 Å². The van der Waals surface area contributed by atoms with Gasteiger partial charge in [-0.25, -0.2) is 0 Å². The number of benzene rings is 2. The molecule has 0 aliphatic heterocycles. The van der Waals surface area contributed by atoms with E-state index in [0.29, 0.717) is 6.54 Å². The third-order valence-electron chi connectivity index (χ3n) is 4.41. The van der Waals surface area contributed by atoms with Crippen molar-refractivity contribution < 1.29 is 4.79 Å². The molecule has 0 spiro atoms. The van der Waals surface area contributed by atoms with E-state index in [2.05, 4.69) is 29.4 Å². The molecule has 1 heterocycles. The Morgan fingerprint density at radius 2 is 1.92 bits per heavy atom. The molecule has 4 nitrogen and oxygen atoms in total. The molecule has 0 aliphatic rings. The Bertz CT molecular complexity index is 849. The number of aromatic amines is 1. The summed E-state index contributed by atoms with van der Waals surface area (Å²) in [6.45, 7) is 4.68. The average molecular weight is 321 g/mol. The summed E-state index contributed by atoms with van der Waals surface area (Å²) in [5, 5.41) is 4.19. The number of aromatic nitrogens is 1. The van der Waals surface area contributed by atoms with Crippen LogP contribution in [0.4, 0.5) is 0 Å². The number of amides is 1. The van der Waals surface area contributed by atoms with Crippen LogP contribution in [0.25, 0.3) is 10.9 Å². The highest BCUT2D eigenvalue weighted by Gasteiger charge is 2.15. The Morgan fingerprint density at radius 1 is 1.17 bits per heavy atom. The van der Waals surface area contributed by atoms with E-state index in [0.717, 1.165) is 23.1 Å². The van der Waals surface area contributed by atoms with Gasteiger partial charge in [0, 0.05) is 23.6 Å².